The Morgan fingerprint density at radius 3 is 2.48 bits per heavy atom. The normalized spacial score (nSPS) is 11.2. The highest BCUT2D eigenvalue weighted by molar-refractivity contribution is 7.92. The number of sulfonamides is 1. The Morgan fingerprint density at radius 1 is 1.14 bits per heavy atom. The van der Waals surface area contributed by atoms with Gasteiger partial charge in [0.2, 0.25) is 0 Å². The molecule has 0 amide bonds. The molecule has 0 fully saturated rings. The van der Waals surface area contributed by atoms with Crippen LogP contribution in [-0.4, -0.2) is 15.5 Å². The summed E-state index contributed by atoms with van der Waals surface area (Å²) in [4.78, 5) is 0.239. The first kappa shape index (κ1) is 15.4. The minimum atomic E-state index is -3.60. The minimum absolute atomic E-state index is 0.239. The highest BCUT2D eigenvalue weighted by Gasteiger charge is 2.17. The summed E-state index contributed by atoms with van der Waals surface area (Å²) in [5.41, 5.74) is 2.34. The molecule has 0 heterocycles. The molecule has 2 aromatic carbocycles. The fraction of sp³-hybridized carbons (Fsp3) is 0.250. The Morgan fingerprint density at radius 2 is 1.86 bits per heavy atom. The quantitative estimate of drug-likeness (QED) is 0.921. The van der Waals surface area contributed by atoms with E-state index in [-0.39, 0.29) is 4.90 Å². The van der Waals surface area contributed by atoms with E-state index in [0.29, 0.717) is 17.9 Å². The average Bonchev–Trinajstić information content (AvgIpc) is 2.48. The van der Waals surface area contributed by atoms with Gasteiger partial charge in [0, 0.05) is 0 Å². The van der Waals surface area contributed by atoms with Gasteiger partial charge in [-0.1, -0.05) is 25.1 Å². The third-order valence-corrected chi connectivity index (χ3v) is 4.70. The van der Waals surface area contributed by atoms with Crippen LogP contribution in [0.1, 0.15) is 18.1 Å². The fourth-order valence-corrected chi connectivity index (χ4v) is 3.27. The number of para-hydroxylation sites is 1. The first-order valence-corrected chi connectivity index (χ1v) is 8.21. The lowest BCUT2D eigenvalue weighted by Crippen LogP contribution is -2.14. The van der Waals surface area contributed by atoms with Crippen molar-refractivity contribution in [3.63, 3.8) is 0 Å². The zero-order chi connectivity index (χ0) is 15.5. The zero-order valence-electron chi connectivity index (χ0n) is 12.4. The summed E-state index contributed by atoms with van der Waals surface area (Å²) >= 11 is 0. The number of benzene rings is 2. The van der Waals surface area contributed by atoms with Crippen molar-refractivity contribution in [1.29, 1.82) is 0 Å². The van der Waals surface area contributed by atoms with Gasteiger partial charge in [-0.3, -0.25) is 4.72 Å². The van der Waals surface area contributed by atoms with Crippen molar-refractivity contribution in [3.05, 3.63) is 53.6 Å². The van der Waals surface area contributed by atoms with Crippen LogP contribution in [0.4, 0.5) is 5.69 Å². The maximum atomic E-state index is 12.5. The highest BCUT2D eigenvalue weighted by Crippen LogP contribution is 2.25. The largest absolute Gasteiger partial charge is 0.496 e. The summed E-state index contributed by atoms with van der Waals surface area (Å²) in [5, 5.41) is 0. The Bertz CT molecular complexity index is 739. The zero-order valence-corrected chi connectivity index (χ0v) is 13.2. The minimum Gasteiger partial charge on any atom is -0.496 e. The average molecular weight is 305 g/mol. The van der Waals surface area contributed by atoms with Crippen LogP contribution in [0.2, 0.25) is 0 Å². The van der Waals surface area contributed by atoms with Crippen molar-refractivity contribution in [3.8, 4) is 5.75 Å². The van der Waals surface area contributed by atoms with Gasteiger partial charge in [-0.25, -0.2) is 8.42 Å². The number of hydrogen-bond acceptors (Lipinski definition) is 3. The maximum Gasteiger partial charge on any atom is 0.261 e. The Hall–Kier alpha value is -2.01. The fourth-order valence-electron chi connectivity index (χ4n) is 2.09. The summed E-state index contributed by atoms with van der Waals surface area (Å²) in [6.45, 7) is 3.83. The topological polar surface area (TPSA) is 55.4 Å². The van der Waals surface area contributed by atoms with Crippen LogP contribution in [0.5, 0.6) is 5.75 Å². The van der Waals surface area contributed by atoms with Crippen LogP contribution in [0, 0.1) is 6.92 Å². The molecule has 0 aliphatic carbocycles. The molecule has 2 aromatic rings. The van der Waals surface area contributed by atoms with Crippen LogP contribution in [0.25, 0.3) is 0 Å². The molecule has 0 atom stereocenters. The molecule has 1 N–H and O–H groups in total. The smallest absolute Gasteiger partial charge is 0.261 e. The Kier molecular flexibility index (Phi) is 4.53. The van der Waals surface area contributed by atoms with Crippen LogP contribution in [0.15, 0.2) is 47.4 Å². The molecule has 0 saturated carbocycles. The molecule has 0 aliphatic heterocycles. The summed E-state index contributed by atoms with van der Waals surface area (Å²) in [6.07, 6.45) is 0.705. The second kappa shape index (κ2) is 6.18. The number of nitrogens with one attached hydrogen (secondary N) is 1. The van der Waals surface area contributed by atoms with Crippen molar-refractivity contribution >= 4 is 15.7 Å². The van der Waals surface area contributed by atoms with Gasteiger partial charge in [-0.2, -0.15) is 0 Å². The third kappa shape index (κ3) is 3.36. The van der Waals surface area contributed by atoms with Gasteiger partial charge in [0.15, 0.2) is 0 Å². The van der Waals surface area contributed by atoms with Crippen molar-refractivity contribution in [2.45, 2.75) is 25.2 Å². The molecule has 0 saturated heterocycles. The van der Waals surface area contributed by atoms with Crippen molar-refractivity contribution < 1.29 is 13.2 Å². The molecular weight excluding hydrogens is 286 g/mol. The summed E-state index contributed by atoms with van der Waals surface area (Å²) in [6, 6.07) is 12.2. The van der Waals surface area contributed by atoms with Crippen molar-refractivity contribution in [2.24, 2.45) is 0 Å². The van der Waals surface area contributed by atoms with Gasteiger partial charge in [-0.05, 0) is 48.7 Å². The molecule has 0 unspecified atom stereocenters. The van der Waals surface area contributed by atoms with Crippen LogP contribution < -0.4 is 9.46 Å². The van der Waals surface area contributed by atoms with Gasteiger partial charge in [0.25, 0.3) is 10.0 Å². The van der Waals surface area contributed by atoms with E-state index in [9.17, 15) is 8.42 Å². The Labute approximate surface area is 125 Å². The molecule has 2 rings (SSSR count). The molecule has 0 radical (unpaired) electrons. The van der Waals surface area contributed by atoms with Gasteiger partial charge < -0.3 is 4.74 Å². The summed E-state index contributed by atoms with van der Waals surface area (Å²) in [7, 11) is -2.02. The lowest BCUT2D eigenvalue weighted by atomic mass is 10.1. The van der Waals surface area contributed by atoms with E-state index in [0.717, 1.165) is 11.1 Å². The van der Waals surface area contributed by atoms with Crippen LogP contribution >= 0.6 is 0 Å². The molecule has 0 aliphatic rings. The van der Waals surface area contributed by atoms with E-state index < -0.39 is 10.0 Å². The Balaban J connectivity index is 2.38. The number of ether oxygens (including phenoxy) is 1. The van der Waals surface area contributed by atoms with Crippen molar-refractivity contribution in [2.75, 3.05) is 11.8 Å². The number of anilines is 1. The van der Waals surface area contributed by atoms with E-state index in [1.807, 2.05) is 26.0 Å². The molecule has 4 nitrogen and oxygen atoms in total. The van der Waals surface area contributed by atoms with E-state index >= 15 is 0 Å². The number of hydrogen-bond donors (Lipinski definition) is 1. The predicted molar refractivity (Wildman–Crippen MR) is 84.4 cm³/mol. The second-order valence-corrected chi connectivity index (χ2v) is 6.43. The van der Waals surface area contributed by atoms with Crippen LogP contribution in [-0.2, 0) is 16.4 Å². The monoisotopic (exact) mass is 305 g/mol. The first-order valence-electron chi connectivity index (χ1n) is 6.73. The maximum absolute atomic E-state index is 12.5. The lowest BCUT2D eigenvalue weighted by Gasteiger charge is -2.12. The van der Waals surface area contributed by atoms with Gasteiger partial charge >= 0.3 is 0 Å². The predicted octanol–water partition coefficient (Wildman–Crippen LogP) is 3.37. The first-order chi connectivity index (χ1) is 9.97. The van der Waals surface area contributed by atoms with E-state index in [4.69, 9.17) is 4.74 Å². The molecule has 0 spiro atoms. The number of aryl methyl sites for hydroxylation is 2. The third-order valence-electron chi connectivity index (χ3n) is 3.33. The molecule has 21 heavy (non-hydrogen) atoms. The lowest BCUT2D eigenvalue weighted by molar-refractivity contribution is 0.409. The standard InChI is InChI=1S/C16H19NO3S/c1-4-13-11-14(9-10-16(13)20-3)21(18,19)17-15-8-6-5-7-12(15)2/h5-11,17H,4H2,1-3H3. The van der Waals surface area contributed by atoms with E-state index in [2.05, 4.69) is 4.72 Å². The summed E-state index contributed by atoms with van der Waals surface area (Å²) in [5.74, 6) is 0.701. The molecule has 0 bridgehead atoms. The van der Waals surface area contributed by atoms with Gasteiger partial charge in [0.1, 0.15) is 5.75 Å². The second-order valence-electron chi connectivity index (χ2n) is 4.75. The molecular formula is C16H19NO3S. The number of rotatable bonds is 5. The van der Waals surface area contributed by atoms with Gasteiger partial charge in [0.05, 0.1) is 17.7 Å². The van der Waals surface area contributed by atoms with Crippen molar-refractivity contribution in [1.82, 2.24) is 0 Å². The number of methoxy groups -OCH3 is 1. The molecule has 0 aromatic heterocycles. The van der Waals surface area contributed by atoms with E-state index in [1.54, 1.807) is 37.4 Å². The highest BCUT2D eigenvalue weighted by atomic mass is 32.2. The summed E-state index contributed by atoms with van der Waals surface area (Å²) < 4.78 is 32.8. The molecule has 112 valence electrons. The SMILES string of the molecule is CCc1cc(S(=O)(=O)Nc2ccccc2C)ccc1OC. The van der Waals surface area contributed by atoms with E-state index in [1.165, 1.54) is 0 Å². The van der Waals surface area contributed by atoms with Crippen LogP contribution in [0.3, 0.4) is 0 Å². The van der Waals surface area contributed by atoms with Gasteiger partial charge in [-0.15, -0.1) is 0 Å². The molecule has 5 heteroatoms.